The Morgan fingerprint density at radius 2 is 1.79 bits per heavy atom. The topological polar surface area (TPSA) is 63.7 Å². The van der Waals surface area contributed by atoms with Crippen LogP contribution < -0.4 is 4.90 Å². The summed E-state index contributed by atoms with van der Waals surface area (Å²) in [5.74, 6) is -0.359. The van der Waals surface area contributed by atoms with Gasteiger partial charge >= 0.3 is 5.97 Å². The summed E-state index contributed by atoms with van der Waals surface area (Å²) in [6.45, 7) is 7.77. The number of ether oxygens (including phenoxy) is 1. The number of carbonyl (C=O) groups excluding carboxylic acids is 3. The van der Waals surface area contributed by atoms with E-state index in [4.69, 9.17) is 4.74 Å². The van der Waals surface area contributed by atoms with E-state index in [0.29, 0.717) is 11.3 Å². The molecule has 3 rings (SSSR count). The molecule has 29 heavy (non-hydrogen) atoms. The van der Waals surface area contributed by atoms with Gasteiger partial charge in [-0.05, 0) is 62.1 Å². The number of carbonyl (C=O) groups is 3. The highest BCUT2D eigenvalue weighted by molar-refractivity contribution is 8.00. The number of anilines is 1. The molecule has 2 aromatic carbocycles. The number of esters is 1. The first kappa shape index (κ1) is 21.1. The van der Waals surface area contributed by atoms with Gasteiger partial charge in [0.1, 0.15) is 0 Å². The molecule has 0 saturated heterocycles. The molecule has 0 aliphatic carbocycles. The number of nitrogens with zero attached hydrogens (tertiary/aromatic N) is 1. The van der Waals surface area contributed by atoms with Crippen molar-refractivity contribution in [2.24, 2.45) is 0 Å². The fourth-order valence-corrected chi connectivity index (χ4v) is 4.54. The van der Waals surface area contributed by atoms with E-state index in [-0.39, 0.29) is 31.3 Å². The van der Waals surface area contributed by atoms with Crippen LogP contribution in [-0.2, 0) is 14.3 Å². The second-order valence-electron chi connectivity index (χ2n) is 7.27. The molecule has 0 N–H and O–H groups in total. The van der Waals surface area contributed by atoms with Gasteiger partial charge in [-0.3, -0.25) is 14.4 Å². The van der Waals surface area contributed by atoms with Crippen molar-refractivity contribution in [3.63, 3.8) is 0 Å². The van der Waals surface area contributed by atoms with Crippen molar-refractivity contribution in [1.82, 2.24) is 0 Å². The normalized spacial score (nSPS) is 13.2. The molecule has 1 heterocycles. The number of thioether (sulfide) groups is 1. The lowest BCUT2D eigenvalue weighted by atomic mass is 9.92. The number of aryl methyl sites for hydroxylation is 2. The average molecular weight is 412 g/mol. The second-order valence-corrected chi connectivity index (χ2v) is 8.29. The smallest absolute Gasteiger partial charge is 0.308 e. The Labute approximate surface area is 175 Å². The molecule has 0 saturated carbocycles. The molecular weight excluding hydrogens is 386 g/mol. The summed E-state index contributed by atoms with van der Waals surface area (Å²) >= 11 is 1.50. The molecule has 0 spiro atoms. The summed E-state index contributed by atoms with van der Waals surface area (Å²) in [4.78, 5) is 39.7. The van der Waals surface area contributed by atoms with Crippen LogP contribution in [0.3, 0.4) is 0 Å². The van der Waals surface area contributed by atoms with E-state index >= 15 is 0 Å². The molecular formula is C23H25NO4S. The van der Waals surface area contributed by atoms with Gasteiger partial charge in [-0.25, -0.2) is 0 Å². The van der Waals surface area contributed by atoms with Gasteiger partial charge in [0.2, 0.25) is 11.7 Å². The van der Waals surface area contributed by atoms with Gasteiger partial charge in [-0.2, -0.15) is 0 Å². The minimum Gasteiger partial charge on any atom is -0.457 e. The number of hydrogen-bond acceptors (Lipinski definition) is 5. The molecule has 0 radical (unpaired) electrons. The summed E-state index contributed by atoms with van der Waals surface area (Å²) in [6, 6.07) is 9.62. The quantitative estimate of drug-likeness (QED) is 0.527. The lowest BCUT2D eigenvalue weighted by Crippen LogP contribution is -2.37. The van der Waals surface area contributed by atoms with Crippen LogP contribution in [0.25, 0.3) is 0 Å². The highest BCUT2D eigenvalue weighted by Gasteiger charge is 2.25. The van der Waals surface area contributed by atoms with Gasteiger partial charge in [0.05, 0.1) is 17.9 Å². The van der Waals surface area contributed by atoms with Gasteiger partial charge in [0.15, 0.2) is 6.61 Å². The number of rotatable bonds is 6. The van der Waals surface area contributed by atoms with Crippen LogP contribution in [0, 0.1) is 27.7 Å². The summed E-state index contributed by atoms with van der Waals surface area (Å²) in [6.07, 6.45) is 0.0446. The van der Waals surface area contributed by atoms with Crippen molar-refractivity contribution in [2.45, 2.75) is 39.0 Å². The van der Waals surface area contributed by atoms with Crippen LogP contribution in [-0.4, -0.2) is 36.6 Å². The SMILES string of the molecule is Cc1cc(C)c(C(=O)COC(=O)CCN2C(=O)CSc3ccccc32)c(C)c1C. The third kappa shape index (κ3) is 4.53. The maximum absolute atomic E-state index is 12.6. The molecule has 6 heteroatoms. The number of hydrogen-bond donors (Lipinski definition) is 0. The van der Waals surface area contributed by atoms with Crippen LogP contribution in [0.1, 0.15) is 39.0 Å². The lowest BCUT2D eigenvalue weighted by Gasteiger charge is -2.28. The van der Waals surface area contributed by atoms with Crippen LogP contribution in [0.4, 0.5) is 5.69 Å². The molecule has 0 atom stereocenters. The number of benzene rings is 2. The molecule has 5 nitrogen and oxygen atoms in total. The van der Waals surface area contributed by atoms with Crippen LogP contribution in [0.5, 0.6) is 0 Å². The molecule has 1 amide bonds. The van der Waals surface area contributed by atoms with Gasteiger partial charge in [-0.1, -0.05) is 18.2 Å². The predicted octanol–water partition coefficient (Wildman–Crippen LogP) is 4.18. The number of fused-ring (bicyclic) bond motifs is 1. The molecule has 0 aromatic heterocycles. The van der Waals surface area contributed by atoms with Crippen molar-refractivity contribution in [3.8, 4) is 0 Å². The largest absolute Gasteiger partial charge is 0.457 e. The number of Topliss-reactive ketones (excluding diaryl/α,β-unsaturated/α-hetero) is 1. The number of ketones is 1. The van der Waals surface area contributed by atoms with Crippen molar-refractivity contribution in [2.75, 3.05) is 23.8 Å². The molecule has 0 bridgehead atoms. The highest BCUT2D eigenvalue weighted by Crippen LogP contribution is 2.34. The molecule has 0 fully saturated rings. The van der Waals surface area contributed by atoms with Crippen LogP contribution in [0.2, 0.25) is 0 Å². The number of amides is 1. The summed E-state index contributed by atoms with van der Waals surface area (Å²) in [7, 11) is 0. The lowest BCUT2D eigenvalue weighted by molar-refractivity contribution is -0.142. The van der Waals surface area contributed by atoms with Gasteiger partial charge in [0, 0.05) is 17.0 Å². The molecule has 152 valence electrons. The zero-order valence-corrected chi connectivity index (χ0v) is 18.0. The molecule has 2 aromatic rings. The van der Waals surface area contributed by atoms with Gasteiger partial charge in [0.25, 0.3) is 0 Å². The minimum absolute atomic E-state index is 0.0287. The van der Waals surface area contributed by atoms with Gasteiger partial charge in [-0.15, -0.1) is 11.8 Å². The first-order valence-corrected chi connectivity index (χ1v) is 10.6. The highest BCUT2D eigenvalue weighted by atomic mass is 32.2. The van der Waals surface area contributed by atoms with E-state index in [2.05, 4.69) is 0 Å². The second kappa shape index (κ2) is 8.82. The number of para-hydroxylation sites is 1. The fraction of sp³-hybridized carbons (Fsp3) is 0.348. The zero-order chi connectivity index (χ0) is 21.1. The average Bonchev–Trinajstić information content (AvgIpc) is 2.69. The van der Waals surface area contributed by atoms with Gasteiger partial charge < -0.3 is 9.64 Å². The Bertz CT molecular complexity index is 983. The third-order valence-electron chi connectivity index (χ3n) is 5.35. The van der Waals surface area contributed by atoms with Crippen molar-refractivity contribution in [3.05, 3.63) is 58.1 Å². The van der Waals surface area contributed by atoms with E-state index in [1.807, 2.05) is 58.0 Å². The standard InChI is InChI=1S/C23H25NO4S/c1-14-11-15(2)23(17(4)16(14)3)19(25)12-28-22(27)9-10-24-18-7-5-6-8-20(18)29-13-21(24)26/h5-8,11H,9-10,12-13H2,1-4H3. The Morgan fingerprint density at radius 3 is 2.55 bits per heavy atom. The van der Waals surface area contributed by atoms with Crippen molar-refractivity contribution >= 4 is 35.1 Å². The van der Waals surface area contributed by atoms with Crippen molar-refractivity contribution < 1.29 is 19.1 Å². The minimum atomic E-state index is -0.485. The Balaban J connectivity index is 1.59. The van der Waals surface area contributed by atoms with E-state index in [1.165, 1.54) is 11.8 Å². The maximum atomic E-state index is 12.6. The molecule has 0 unspecified atom stereocenters. The first-order chi connectivity index (χ1) is 13.8. The maximum Gasteiger partial charge on any atom is 0.308 e. The van der Waals surface area contributed by atoms with Crippen LogP contribution in [0.15, 0.2) is 35.2 Å². The third-order valence-corrected chi connectivity index (χ3v) is 6.39. The fourth-order valence-electron chi connectivity index (χ4n) is 3.61. The Hall–Kier alpha value is -2.60. The van der Waals surface area contributed by atoms with E-state index < -0.39 is 5.97 Å². The van der Waals surface area contributed by atoms with Crippen molar-refractivity contribution in [1.29, 1.82) is 0 Å². The molecule has 1 aliphatic heterocycles. The van der Waals surface area contributed by atoms with Crippen LogP contribution >= 0.6 is 11.8 Å². The predicted molar refractivity (Wildman–Crippen MR) is 115 cm³/mol. The monoisotopic (exact) mass is 411 g/mol. The first-order valence-electron chi connectivity index (χ1n) is 9.58. The van der Waals surface area contributed by atoms with E-state index in [0.717, 1.165) is 32.8 Å². The Kier molecular flexibility index (Phi) is 6.42. The van der Waals surface area contributed by atoms with E-state index in [9.17, 15) is 14.4 Å². The van der Waals surface area contributed by atoms with E-state index in [1.54, 1.807) is 4.90 Å². The summed E-state index contributed by atoms with van der Waals surface area (Å²) < 4.78 is 5.22. The summed E-state index contributed by atoms with van der Waals surface area (Å²) in [5, 5.41) is 0. The molecule has 1 aliphatic rings. The zero-order valence-electron chi connectivity index (χ0n) is 17.2. The summed E-state index contributed by atoms with van der Waals surface area (Å²) in [5.41, 5.74) is 5.47. The Morgan fingerprint density at radius 1 is 1.07 bits per heavy atom.